The molecular weight excluding hydrogens is 452 g/mol. The summed E-state index contributed by atoms with van der Waals surface area (Å²) >= 11 is 12.2. The largest absolute Gasteiger partial charge is 0.489 e. The minimum atomic E-state index is -0.832. The van der Waals surface area contributed by atoms with E-state index in [0.29, 0.717) is 29.5 Å². The number of carbonyl (C=O) groups excluding carboxylic acids is 1. The molecule has 0 atom stereocenters. The maximum atomic E-state index is 11.1. The fourth-order valence-corrected chi connectivity index (χ4v) is 2.95. The number of rotatable bonds is 9. The number of nitriles is 1. The summed E-state index contributed by atoms with van der Waals surface area (Å²) in [4.78, 5) is 13.1. The normalized spacial score (nSPS) is 9.28. The van der Waals surface area contributed by atoms with Gasteiger partial charge in [-0.3, -0.25) is 4.94 Å². The van der Waals surface area contributed by atoms with E-state index >= 15 is 0 Å². The number of aryl methyl sites for hydroxylation is 1. The Hall–Kier alpha value is -2.55. The summed E-state index contributed by atoms with van der Waals surface area (Å²) in [5.74, 6) is -0.0570. The highest BCUT2D eigenvalue weighted by molar-refractivity contribution is 6.35. The molecule has 0 saturated carbocycles. The molecule has 0 aliphatic carbocycles. The van der Waals surface area contributed by atoms with E-state index in [4.69, 9.17) is 33.2 Å². The second-order valence-electron chi connectivity index (χ2n) is 6.38. The Morgan fingerprint density at radius 3 is 2.38 bits per heavy atom. The van der Waals surface area contributed by atoms with Crippen molar-refractivity contribution in [3.05, 3.63) is 69.7 Å². The number of unbranched alkanes of at least 4 members (excludes halogenated alkanes) is 3. The molecule has 0 aliphatic heterocycles. The maximum absolute atomic E-state index is 11.1. The van der Waals surface area contributed by atoms with Gasteiger partial charge >= 0.3 is 5.97 Å². The minimum Gasteiger partial charge on any atom is -0.489 e. The van der Waals surface area contributed by atoms with Crippen LogP contribution in [0.15, 0.2) is 43.0 Å². The van der Waals surface area contributed by atoms with Gasteiger partial charge in [-0.2, -0.15) is 5.26 Å². The standard InChI is InChI=1S/C16H14Cl2O.C7H10FNO2.C2H6/c1-3-12-9-13(8-7-11(12)2)19-10-14-15(17)5-4-6-16(14)18;8-11-7(10)5-3-1-2-4-6-9;1-2/h3-9H,1,10H2,2H3;1-5H2;1-2H3. The van der Waals surface area contributed by atoms with E-state index in [1.165, 1.54) is 0 Å². The van der Waals surface area contributed by atoms with E-state index < -0.39 is 5.97 Å². The zero-order valence-electron chi connectivity index (χ0n) is 18.8. The fourth-order valence-electron chi connectivity index (χ4n) is 2.44. The molecule has 0 saturated heterocycles. The lowest BCUT2D eigenvalue weighted by atomic mass is 10.1. The number of hydrogen-bond donors (Lipinski definition) is 0. The molecule has 0 aromatic heterocycles. The molecule has 7 heteroatoms. The van der Waals surface area contributed by atoms with Crippen molar-refractivity contribution >= 4 is 35.2 Å². The molecule has 4 nitrogen and oxygen atoms in total. The van der Waals surface area contributed by atoms with Crippen LogP contribution in [0.2, 0.25) is 10.0 Å². The Bertz CT molecular complexity index is 862. The Labute approximate surface area is 200 Å². The third kappa shape index (κ3) is 11.7. The molecular formula is C25H30Cl2FNO3. The van der Waals surface area contributed by atoms with Crippen LogP contribution in [0.1, 0.15) is 62.6 Å². The molecule has 0 N–H and O–H groups in total. The topological polar surface area (TPSA) is 59.3 Å². The van der Waals surface area contributed by atoms with E-state index in [0.717, 1.165) is 35.3 Å². The third-order valence-corrected chi connectivity index (χ3v) is 4.88. The van der Waals surface area contributed by atoms with Gasteiger partial charge in [-0.05, 0) is 55.2 Å². The van der Waals surface area contributed by atoms with E-state index in [2.05, 4.69) is 11.5 Å². The van der Waals surface area contributed by atoms with Gasteiger partial charge in [0.25, 0.3) is 0 Å². The van der Waals surface area contributed by atoms with Crippen molar-refractivity contribution in [2.24, 2.45) is 0 Å². The fraction of sp³-hybridized carbons (Fsp3) is 0.360. The molecule has 0 spiro atoms. The molecule has 0 unspecified atom stereocenters. The van der Waals surface area contributed by atoms with Gasteiger partial charge < -0.3 is 4.74 Å². The minimum absolute atomic E-state index is 0.0991. The highest BCUT2D eigenvalue weighted by atomic mass is 35.5. The predicted octanol–water partition coefficient (Wildman–Crippen LogP) is 8.44. The molecule has 0 aliphatic rings. The Morgan fingerprint density at radius 2 is 1.81 bits per heavy atom. The Balaban J connectivity index is 0.000000635. The molecule has 174 valence electrons. The molecule has 2 aromatic rings. The summed E-state index contributed by atoms with van der Waals surface area (Å²) in [6.45, 7) is 10.2. The average Bonchev–Trinajstić information content (AvgIpc) is 2.81. The Kier molecular flexibility index (Phi) is 16.6. The van der Waals surface area contributed by atoms with Crippen molar-refractivity contribution < 1.29 is 19.0 Å². The van der Waals surface area contributed by atoms with Crippen LogP contribution in [-0.4, -0.2) is 5.97 Å². The predicted molar refractivity (Wildman–Crippen MR) is 129 cm³/mol. The average molecular weight is 482 g/mol. The van der Waals surface area contributed by atoms with Crippen LogP contribution in [-0.2, 0) is 16.3 Å². The van der Waals surface area contributed by atoms with Crippen molar-refractivity contribution in [2.75, 3.05) is 0 Å². The van der Waals surface area contributed by atoms with Crippen LogP contribution < -0.4 is 4.74 Å². The van der Waals surface area contributed by atoms with Crippen molar-refractivity contribution in [1.82, 2.24) is 0 Å². The summed E-state index contributed by atoms with van der Waals surface area (Å²) in [6, 6.07) is 13.3. The summed E-state index contributed by atoms with van der Waals surface area (Å²) in [5.41, 5.74) is 3.02. The first-order chi connectivity index (χ1) is 15.4. The molecule has 0 fully saturated rings. The maximum Gasteiger partial charge on any atom is 0.348 e. The molecule has 0 heterocycles. The second kappa shape index (κ2) is 18.1. The SMILES string of the molecule is C=Cc1cc(OCc2c(Cl)cccc2Cl)ccc1C.CC.N#CCCCCCC(=O)OF. The molecule has 0 radical (unpaired) electrons. The first-order valence-electron chi connectivity index (χ1n) is 10.4. The van der Waals surface area contributed by atoms with E-state index in [9.17, 15) is 9.32 Å². The first kappa shape index (κ1) is 29.5. The monoisotopic (exact) mass is 481 g/mol. The quantitative estimate of drug-likeness (QED) is 0.337. The number of benzene rings is 2. The van der Waals surface area contributed by atoms with Gasteiger partial charge in [0.05, 0.1) is 6.07 Å². The summed E-state index contributed by atoms with van der Waals surface area (Å²) in [6.07, 6.45) is 4.51. The molecule has 0 bridgehead atoms. The number of hydrogen-bond acceptors (Lipinski definition) is 4. The van der Waals surface area contributed by atoms with Crippen LogP contribution in [0.4, 0.5) is 4.53 Å². The molecule has 2 rings (SSSR count). The van der Waals surface area contributed by atoms with Crippen LogP contribution in [0.5, 0.6) is 5.75 Å². The van der Waals surface area contributed by atoms with Gasteiger partial charge in [-0.25, -0.2) is 4.79 Å². The lowest BCUT2D eigenvalue weighted by molar-refractivity contribution is -0.183. The lowest BCUT2D eigenvalue weighted by Gasteiger charge is -2.11. The van der Waals surface area contributed by atoms with Gasteiger partial charge in [0.1, 0.15) is 12.4 Å². The number of carbonyl (C=O) groups is 1. The summed E-state index contributed by atoms with van der Waals surface area (Å²) in [7, 11) is 0. The molecule has 32 heavy (non-hydrogen) atoms. The second-order valence-corrected chi connectivity index (χ2v) is 7.19. The van der Waals surface area contributed by atoms with E-state index in [-0.39, 0.29) is 6.42 Å². The van der Waals surface area contributed by atoms with Crippen LogP contribution in [0, 0.1) is 18.3 Å². The van der Waals surface area contributed by atoms with Crippen molar-refractivity contribution in [3.8, 4) is 11.8 Å². The highest BCUT2D eigenvalue weighted by Crippen LogP contribution is 2.26. The lowest BCUT2D eigenvalue weighted by Crippen LogP contribution is -1.98. The zero-order valence-corrected chi connectivity index (χ0v) is 20.3. The van der Waals surface area contributed by atoms with Gasteiger partial charge in [-0.15, -0.1) is 0 Å². The smallest absolute Gasteiger partial charge is 0.348 e. The molecule has 2 aromatic carbocycles. The van der Waals surface area contributed by atoms with Gasteiger partial charge in [0.2, 0.25) is 0 Å². The van der Waals surface area contributed by atoms with Gasteiger partial charge in [0, 0.05) is 33.0 Å². The van der Waals surface area contributed by atoms with Gasteiger partial charge in [-0.1, -0.05) is 68.3 Å². The van der Waals surface area contributed by atoms with Crippen molar-refractivity contribution in [3.63, 3.8) is 0 Å². The van der Waals surface area contributed by atoms with Crippen LogP contribution in [0.25, 0.3) is 6.08 Å². The van der Waals surface area contributed by atoms with Crippen LogP contribution in [0.3, 0.4) is 0 Å². The first-order valence-corrected chi connectivity index (χ1v) is 11.2. The van der Waals surface area contributed by atoms with Gasteiger partial charge in [0.15, 0.2) is 0 Å². The van der Waals surface area contributed by atoms with Crippen molar-refractivity contribution in [1.29, 1.82) is 5.26 Å². The Morgan fingerprint density at radius 1 is 1.16 bits per heavy atom. The number of nitrogens with zero attached hydrogens (tertiary/aromatic N) is 1. The van der Waals surface area contributed by atoms with Crippen LogP contribution >= 0.6 is 23.2 Å². The highest BCUT2D eigenvalue weighted by Gasteiger charge is 2.07. The van der Waals surface area contributed by atoms with E-state index in [1.54, 1.807) is 12.1 Å². The van der Waals surface area contributed by atoms with E-state index in [1.807, 2.05) is 57.2 Å². The number of ether oxygens (including phenoxy) is 1. The zero-order chi connectivity index (χ0) is 24.4. The third-order valence-electron chi connectivity index (χ3n) is 4.17. The summed E-state index contributed by atoms with van der Waals surface area (Å²) in [5, 5.41) is 9.35. The van der Waals surface area contributed by atoms with Crippen molar-refractivity contribution in [2.45, 2.75) is 59.5 Å². The molecule has 0 amide bonds. The summed E-state index contributed by atoms with van der Waals surface area (Å²) < 4.78 is 16.8. The number of halogens is 3.